The standard InChI is InChI=1S/C15H16ClN3O3S/c1-15(2,3)22-14(21)19-13-18-11(8-23-13)12(20)17-10-7-5-4-6-9(10)16/h4-8H,1-3H3,(H,17,20)(H,18,19,21). The van der Waals surface area contributed by atoms with Crippen LogP contribution in [-0.4, -0.2) is 22.6 Å². The number of nitrogens with zero attached hydrogens (tertiary/aromatic N) is 1. The van der Waals surface area contributed by atoms with Crippen molar-refractivity contribution in [2.24, 2.45) is 0 Å². The number of hydrogen-bond donors (Lipinski definition) is 2. The molecule has 2 rings (SSSR count). The van der Waals surface area contributed by atoms with Gasteiger partial charge in [0.15, 0.2) is 5.13 Å². The van der Waals surface area contributed by atoms with E-state index in [-0.39, 0.29) is 10.8 Å². The van der Waals surface area contributed by atoms with Gasteiger partial charge >= 0.3 is 6.09 Å². The lowest BCUT2D eigenvalue weighted by Crippen LogP contribution is -2.27. The number of ether oxygens (including phenoxy) is 1. The van der Waals surface area contributed by atoms with Crippen LogP contribution in [0.2, 0.25) is 5.02 Å². The van der Waals surface area contributed by atoms with Crippen molar-refractivity contribution in [3.63, 3.8) is 0 Å². The first-order chi connectivity index (χ1) is 10.7. The van der Waals surface area contributed by atoms with Gasteiger partial charge in [-0.3, -0.25) is 10.1 Å². The van der Waals surface area contributed by atoms with E-state index in [2.05, 4.69) is 15.6 Å². The molecule has 1 aromatic carbocycles. The highest BCUT2D eigenvalue weighted by molar-refractivity contribution is 7.14. The first-order valence-electron chi connectivity index (χ1n) is 6.76. The highest BCUT2D eigenvalue weighted by Crippen LogP contribution is 2.22. The molecule has 0 saturated carbocycles. The largest absolute Gasteiger partial charge is 0.444 e. The summed E-state index contributed by atoms with van der Waals surface area (Å²) in [5.74, 6) is -0.411. The summed E-state index contributed by atoms with van der Waals surface area (Å²) in [6.45, 7) is 5.28. The van der Waals surface area contributed by atoms with Crippen molar-refractivity contribution in [3.8, 4) is 0 Å². The van der Waals surface area contributed by atoms with Gasteiger partial charge in [0.25, 0.3) is 5.91 Å². The minimum atomic E-state index is -0.620. The van der Waals surface area contributed by atoms with Crippen molar-refractivity contribution in [3.05, 3.63) is 40.4 Å². The average Bonchev–Trinajstić information content (AvgIpc) is 2.87. The topological polar surface area (TPSA) is 80.3 Å². The maximum absolute atomic E-state index is 12.1. The van der Waals surface area contributed by atoms with E-state index in [0.29, 0.717) is 10.7 Å². The third-order valence-corrected chi connectivity index (χ3v) is 3.55. The monoisotopic (exact) mass is 353 g/mol. The molecule has 0 spiro atoms. The van der Waals surface area contributed by atoms with Crippen LogP contribution in [0.4, 0.5) is 15.6 Å². The Kier molecular flexibility index (Phi) is 5.23. The Balaban J connectivity index is 2.00. The molecule has 2 aromatic rings. The molecule has 6 nitrogen and oxygen atoms in total. The number of para-hydroxylation sites is 1. The Hall–Kier alpha value is -2.12. The lowest BCUT2D eigenvalue weighted by atomic mass is 10.2. The van der Waals surface area contributed by atoms with Gasteiger partial charge in [0.05, 0.1) is 10.7 Å². The smallest absolute Gasteiger partial charge is 0.413 e. The van der Waals surface area contributed by atoms with E-state index in [0.717, 1.165) is 11.3 Å². The molecule has 0 aliphatic carbocycles. The van der Waals surface area contributed by atoms with Crippen LogP contribution in [0.1, 0.15) is 31.3 Å². The van der Waals surface area contributed by atoms with E-state index in [1.54, 1.807) is 50.4 Å². The Labute approximate surface area is 142 Å². The summed E-state index contributed by atoms with van der Waals surface area (Å²) < 4.78 is 5.12. The number of hydrogen-bond acceptors (Lipinski definition) is 5. The first kappa shape index (κ1) is 17.2. The zero-order valence-electron chi connectivity index (χ0n) is 12.8. The molecule has 0 radical (unpaired) electrons. The third kappa shape index (κ3) is 5.22. The fourth-order valence-electron chi connectivity index (χ4n) is 1.58. The summed E-state index contributed by atoms with van der Waals surface area (Å²) in [5, 5.41) is 7.41. The van der Waals surface area contributed by atoms with Crippen LogP contribution < -0.4 is 10.6 Å². The number of halogens is 1. The van der Waals surface area contributed by atoms with Gasteiger partial charge in [0.2, 0.25) is 0 Å². The number of aromatic nitrogens is 1. The van der Waals surface area contributed by atoms with Crippen LogP contribution in [0.15, 0.2) is 29.6 Å². The van der Waals surface area contributed by atoms with Gasteiger partial charge < -0.3 is 10.1 Å². The summed E-state index contributed by atoms with van der Waals surface area (Å²) in [5.41, 5.74) is 0.0702. The highest BCUT2D eigenvalue weighted by atomic mass is 35.5. The van der Waals surface area contributed by atoms with Gasteiger partial charge in [0.1, 0.15) is 11.3 Å². The Morgan fingerprint density at radius 3 is 2.57 bits per heavy atom. The summed E-state index contributed by atoms with van der Waals surface area (Å²) in [4.78, 5) is 27.8. The van der Waals surface area contributed by atoms with Crippen molar-refractivity contribution in [2.75, 3.05) is 10.6 Å². The number of benzene rings is 1. The van der Waals surface area contributed by atoms with Crippen LogP contribution in [0.3, 0.4) is 0 Å². The summed E-state index contributed by atoms with van der Waals surface area (Å²) >= 11 is 7.12. The number of carbonyl (C=O) groups is 2. The van der Waals surface area contributed by atoms with Gasteiger partial charge in [-0.05, 0) is 32.9 Å². The van der Waals surface area contributed by atoms with Crippen LogP contribution >= 0.6 is 22.9 Å². The molecule has 2 N–H and O–H groups in total. The van der Waals surface area contributed by atoms with E-state index >= 15 is 0 Å². The van der Waals surface area contributed by atoms with Gasteiger partial charge in [-0.15, -0.1) is 11.3 Å². The lowest BCUT2D eigenvalue weighted by Gasteiger charge is -2.18. The van der Waals surface area contributed by atoms with Crippen LogP contribution in [0.5, 0.6) is 0 Å². The molecular weight excluding hydrogens is 338 g/mol. The van der Waals surface area contributed by atoms with Crippen LogP contribution in [0, 0.1) is 0 Å². The quantitative estimate of drug-likeness (QED) is 0.857. The zero-order chi connectivity index (χ0) is 17.0. The molecule has 0 aliphatic heterocycles. The molecule has 0 bridgehead atoms. The van der Waals surface area contributed by atoms with Gasteiger partial charge in [-0.25, -0.2) is 9.78 Å². The first-order valence-corrected chi connectivity index (χ1v) is 8.02. The normalized spacial score (nSPS) is 11.0. The fraction of sp³-hybridized carbons (Fsp3) is 0.267. The predicted molar refractivity (Wildman–Crippen MR) is 91.4 cm³/mol. The number of anilines is 2. The van der Waals surface area contributed by atoms with Crippen molar-refractivity contribution in [1.82, 2.24) is 4.98 Å². The molecule has 23 heavy (non-hydrogen) atoms. The molecule has 0 fully saturated rings. The number of thiazole rings is 1. The molecule has 0 unspecified atom stereocenters. The molecule has 1 heterocycles. The lowest BCUT2D eigenvalue weighted by molar-refractivity contribution is 0.0635. The predicted octanol–water partition coefficient (Wildman–Crippen LogP) is 4.40. The Bertz CT molecular complexity index is 725. The maximum Gasteiger partial charge on any atom is 0.413 e. The number of carbonyl (C=O) groups excluding carboxylic acids is 2. The zero-order valence-corrected chi connectivity index (χ0v) is 14.4. The van der Waals surface area contributed by atoms with Crippen molar-refractivity contribution >= 4 is 45.8 Å². The van der Waals surface area contributed by atoms with E-state index in [9.17, 15) is 9.59 Å². The van der Waals surface area contributed by atoms with E-state index < -0.39 is 17.6 Å². The summed E-state index contributed by atoms with van der Waals surface area (Å²) in [6.07, 6.45) is -0.620. The van der Waals surface area contributed by atoms with E-state index in [1.165, 1.54) is 0 Å². The van der Waals surface area contributed by atoms with Crippen LogP contribution in [0.25, 0.3) is 0 Å². The van der Waals surface area contributed by atoms with Crippen molar-refractivity contribution in [2.45, 2.75) is 26.4 Å². The van der Waals surface area contributed by atoms with Gasteiger partial charge in [-0.2, -0.15) is 0 Å². The second-order valence-electron chi connectivity index (χ2n) is 5.60. The fourth-order valence-corrected chi connectivity index (χ4v) is 2.43. The van der Waals surface area contributed by atoms with Crippen molar-refractivity contribution in [1.29, 1.82) is 0 Å². The molecular formula is C15H16ClN3O3S. The van der Waals surface area contributed by atoms with E-state index in [4.69, 9.17) is 16.3 Å². The Morgan fingerprint density at radius 2 is 1.91 bits per heavy atom. The second kappa shape index (κ2) is 6.97. The molecule has 8 heteroatoms. The number of rotatable bonds is 3. The minimum Gasteiger partial charge on any atom is -0.444 e. The van der Waals surface area contributed by atoms with Crippen molar-refractivity contribution < 1.29 is 14.3 Å². The SMILES string of the molecule is CC(C)(C)OC(=O)Nc1nc(C(=O)Nc2ccccc2Cl)cs1. The third-order valence-electron chi connectivity index (χ3n) is 2.47. The molecule has 122 valence electrons. The number of nitrogens with one attached hydrogen (secondary N) is 2. The Morgan fingerprint density at radius 1 is 1.22 bits per heavy atom. The molecule has 0 atom stereocenters. The van der Waals surface area contributed by atoms with Crippen LogP contribution in [-0.2, 0) is 4.74 Å². The molecule has 0 aliphatic rings. The molecule has 2 amide bonds. The highest BCUT2D eigenvalue weighted by Gasteiger charge is 2.18. The summed E-state index contributed by atoms with van der Waals surface area (Å²) in [6, 6.07) is 6.89. The maximum atomic E-state index is 12.1. The second-order valence-corrected chi connectivity index (χ2v) is 6.86. The number of amides is 2. The van der Waals surface area contributed by atoms with E-state index in [1.807, 2.05) is 0 Å². The van der Waals surface area contributed by atoms with Gasteiger partial charge in [0, 0.05) is 5.38 Å². The molecule has 1 aromatic heterocycles. The summed E-state index contributed by atoms with van der Waals surface area (Å²) in [7, 11) is 0. The average molecular weight is 354 g/mol. The van der Waals surface area contributed by atoms with Gasteiger partial charge in [-0.1, -0.05) is 23.7 Å². The molecule has 0 saturated heterocycles. The minimum absolute atomic E-state index is 0.181.